The van der Waals surface area contributed by atoms with Crippen LogP contribution in [0.25, 0.3) is 0 Å². The summed E-state index contributed by atoms with van der Waals surface area (Å²) in [6.45, 7) is 0.501. The third kappa shape index (κ3) is 19.5. The van der Waals surface area contributed by atoms with Gasteiger partial charge in [-0.2, -0.15) is 0 Å². The van der Waals surface area contributed by atoms with Gasteiger partial charge in [0.15, 0.2) is 0 Å². The molecule has 0 aromatic heterocycles. The highest BCUT2D eigenvalue weighted by Crippen LogP contribution is 2.01. The van der Waals surface area contributed by atoms with E-state index in [1.165, 1.54) is 0 Å². The average molecular weight is 415 g/mol. The van der Waals surface area contributed by atoms with Gasteiger partial charge in [0.25, 0.3) is 0 Å². The first-order valence-corrected chi connectivity index (χ1v) is 8.65. The van der Waals surface area contributed by atoms with Gasteiger partial charge in [0.05, 0.1) is 12.8 Å². The molecule has 2 atom stereocenters. The smallest absolute Gasteiger partial charge is 0.320 e. The maximum atomic E-state index is 10.4. The van der Waals surface area contributed by atoms with E-state index < -0.39 is 36.0 Å². The SMILES string of the molecule is NCCC[C@H](N)C(=O)O.N[C@@H](Cc1ccccc1)C(=O)O.O=C(O)CCC(=O)O. The maximum Gasteiger partial charge on any atom is 0.320 e. The number of aliphatic carboxylic acids is 4. The Hall–Kier alpha value is -3.02. The lowest BCUT2D eigenvalue weighted by atomic mass is 10.1. The average Bonchev–Trinajstić information content (AvgIpc) is 2.66. The van der Waals surface area contributed by atoms with Gasteiger partial charge >= 0.3 is 23.9 Å². The van der Waals surface area contributed by atoms with Crippen molar-refractivity contribution in [1.82, 2.24) is 0 Å². The second-order valence-corrected chi connectivity index (χ2v) is 5.80. The van der Waals surface area contributed by atoms with E-state index in [0.29, 0.717) is 25.8 Å². The second kappa shape index (κ2) is 17.1. The molecule has 164 valence electrons. The third-order valence-electron chi connectivity index (χ3n) is 3.20. The Morgan fingerprint density at radius 3 is 1.59 bits per heavy atom. The molecule has 0 spiro atoms. The van der Waals surface area contributed by atoms with Crippen LogP contribution in [0.3, 0.4) is 0 Å². The molecular formula is C18H29N3O8. The molecule has 0 saturated carbocycles. The van der Waals surface area contributed by atoms with Crippen LogP contribution < -0.4 is 17.2 Å². The van der Waals surface area contributed by atoms with Crippen LogP contribution in [-0.4, -0.2) is 62.9 Å². The van der Waals surface area contributed by atoms with E-state index in [0.717, 1.165) is 5.56 Å². The fraction of sp³-hybridized carbons (Fsp3) is 0.444. The van der Waals surface area contributed by atoms with Crippen molar-refractivity contribution in [3.05, 3.63) is 35.9 Å². The van der Waals surface area contributed by atoms with E-state index in [1.807, 2.05) is 30.3 Å². The first-order chi connectivity index (χ1) is 13.5. The van der Waals surface area contributed by atoms with Crippen molar-refractivity contribution in [1.29, 1.82) is 0 Å². The largest absolute Gasteiger partial charge is 0.481 e. The molecule has 11 heteroatoms. The first-order valence-electron chi connectivity index (χ1n) is 8.65. The fourth-order valence-electron chi connectivity index (χ4n) is 1.63. The van der Waals surface area contributed by atoms with Crippen molar-refractivity contribution >= 4 is 23.9 Å². The van der Waals surface area contributed by atoms with Crippen LogP contribution in [0.1, 0.15) is 31.2 Å². The Kier molecular flexibility index (Phi) is 16.6. The number of rotatable bonds is 10. The highest BCUT2D eigenvalue weighted by atomic mass is 16.4. The maximum absolute atomic E-state index is 10.4. The second-order valence-electron chi connectivity index (χ2n) is 5.80. The molecule has 0 heterocycles. The van der Waals surface area contributed by atoms with Gasteiger partial charge in [-0.1, -0.05) is 30.3 Å². The summed E-state index contributed by atoms with van der Waals surface area (Å²) in [4.78, 5) is 39.7. The monoisotopic (exact) mass is 415 g/mol. The summed E-state index contributed by atoms with van der Waals surface area (Å²) in [5, 5.41) is 32.6. The standard InChI is InChI=1S/C9H11NO2.C5H12N2O2.C4H6O4/c10-8(9(11)12)6-7-4-2-1-3-5-7;6-3-1-2-4(7)5(8)9;5-3(6)1-2-4(7)8/h1-5,8H,6,10H2,(H,11,12);4H,1-3,6-7H2,(H,8,9);1-2H2,(H,5,6)(H,7,8)/t8-;4-;/m00./s1. The number of carbonyl (C=O) groups is 4. The Labute approximate surface area is 168 Å². The molecule has 1 aromatic carbocycles. The van der Waals surface area contributed by atoms with Crippen LogP contribution in [0.2, 0.25) is 0 Å². The minimum Gasteiger partial charge on any atom is -0.481 e. The Bertz CT molecular complexity index is 611. The summed E-state index contributed by atoms with van der Waals surface area (Å²) in [7, 11) is 0. The van der Waals surface area contributed by atoms with Crippen LogP contribution in [0.5, 0.6) is 0 Å². The summed E-state index contributed by atoms with van der Waals surface area (Å²) in [6, 6.07) is 7.80. The number of hydrogen-bond donors (Lipinski definition) is 7. The summed E-state index contributed by atoms with van der Waals surface area (Å²) < 4.78 is 0. The van der Waals surface area contributed by atoms with Crippen LogP contribution in [0, 0.1) is 0 Å². The summed E-state index contributed by atoms with van der Waals surface area (Å²) >= 11 is 0. The lowest BCUT2D eigenvalue weighted by molar-refractivity contribution is -0.143. The lowest BCUT2D eigenvalue weighted by Gasteiger charge is -2.04. The van der Waals surface area contributed by atoms with Gasteiger partial charge < -0.3 is 37.6 Å². The Morgan fingerprint density at radius 1 is 0.793 bits per heavy atom. The summed E-state index contributed by atoms with van der Waals surface area (Å²) in [5.41, 5.74) is 16.6. The van der Waals surface area contributed by atoms with E-state index in [-0.39, 0.29) is 12.8 Å². The van der Waals surface area contributed by atoms with Gasteiger partial charge in [-0.05, 0) is 31.4 Å². The fourth-order valence-corrected chi connectivity index (χ4v) is 1.63. The van der Waals surface area contributed by atoms with Crippen LogP contribution >= 0.6 is 0 Å². The van der Waals surface area contributed by atoms with E-state index in [4.69, 9.17) is 37.6 Å². The van der Waals surface area contributed by atoms with E-state index >= 15 is 0 Å². The minimum atomic E-state index is -1.08. The van der Waals surface area contributed by atoms with Gasteiger partial charge in [0.1, 0.15) is 12.1 Å². The van der Waals surface area contributed by atoms with Gasteiger partial charge in [0, 0.05) is 0 Å². The third-order valence-corrected chi connectivity index (χ3v) is 3.20. The molecule has 0 amide bonds. The van der Waals surface area contributed by atoms with Gasteiger partial charge in [-0.3, -0.25) is 19.2 Å². The number of carboxylic acid groups (broad SMARTS) is 4. The molecule has 0 aliphatic rings. The number of benzene rings is 1. The molecule has 0 unspecified atom stereocenters. The Morgan fingerprint density at radius 2 is 1.24 bits per heavy atom. The zero-order valence-electron chi connectivity index (χ0n) is 15.9. The highest BCUT2D eigenvalue weighted by Gasteiger charge is 2.11. The molecule has 29 heavy (non-hydrogen) atoms. The van der Waals surface area contributed by atoms with Crippen molar-refractivity contribution < 1.29 is 39.6 Å². The number of carboxylic acids is 4. The van der Waals surface area contributed by atoms with Crippen LogP contribution in [0.15, 0.2) is 30.3 Å². The highest BCUT2D eigenvalue weighted by molar-refractivity contribution is 5.75. The zero-order chi connectivity index (χ0) is 22.8. The normalized spacial score (nSPS) is 11.6. The predicted molar refractivity (Wildman–Crippen MR) is 104 cm³/mol. The predicted octanol–water partition coefficient (Wildman–Crippen LogP) is -0.286. The van der Waals surface area contributed by atoms with Gasteiger partial charge in [-0.25, -0.2) is 0 Å². The van der Waals surface area contributed by atoms with Crippen molar-refractivity contribution in [2.75, 3.05) is 6.54 Å². The number of hydrogen-bond acceptors (Lipinski definition) is 7. The van der Waals surface area contributed by atoms with Gasteiger partial charge in [-0.15, -0.1) is 0 Å². The number of nitrogens with two attached hydrogens (primary N) is 3. The Balaban J connectivity index is 0. The van der Waals surface area contributed by atoms with Crippen molar-refractivity contribution in [2.45, 2.75) is 44.2 Å². The van der Waals surface area contributed by atoms with E-state index in [9.17, 15) is 19.2 Å². The van der Waals surface area contributed by atoms with Crippen molar-refractivity contribution in [3.8, 4) is 0 Å². The molecule has 1 aromatic rings. The molecule has 0 radical (unpaired) electrons. The zero-order valence-corrected chi connectivity index (χ0v) is 15.9. The van der Waals surface area contributed by atoms with Crippen molar-refractivity contribution in [2.24, 2.45) is 17.2 Å². The molecule has 10 N–H and O–H groups in total. The van der Waals surface area contributed by atoms with E-state index in [1.54, 1.807) is 0 Å². The van der Waals surface area contributed by atoms with Crippen LogP contribution in [-0.2, 0) is 25.6 Å². The van der Waals surface area contributed by atoms with Gasteiger partial charge in [0.2, 0.25) is 0 Å². The molecule has 1 rings (SSSR count). The topological polar surface area (TPSA) is 227 Å². The quantitative estimate of drug-likeness (QED) is 0.262. The molecule has 0 aliphatic carbocycles. The molecule has 0 aliphatic heterocycles. The van der Waals surface area contributed by atoms with Crippen molar-refractivity contribution in [3.63, 3.8) is 0 Å². The first kappa shape index (κ1) is 28.2. The summed E-state index contributed by atoms with van der Waals surface area (Å²) in [5.74, 6) is -4.07. The van der Waals surface area contributed by atoms with Crippen LogP contribution in [0.4, 0.5) is 0 Å². The minimum absolute atomic E-state index is 0.296. The van der Waals surface area contributed by atoms with E-state index in [2.05, 4.69) is 0 Å². The summed E-state index contributed by atoms with van der Waals surface area (Å²) in [6.07, 6.45) is 0.931. The molecule has 0 saturated heterocycles. The molecule has 0 bridgehead atoms. The molecule has 0 fully saturated rings. The lowest BCUT2D eigenvalue weighted by Crippen LogP contribution is -2.32. The molecular weight excluding hydrogens is 386 g/mol. The molecule has 11 nitrogen and oxygen atoms in total.